The van der Waals surface area contributed by atoms with Crippen molar-refractivity contribution >= 4 is 11.3 Å². The zero-order valence-corrected chi connectivity index (χ0v) is 15.1. The summed E-state index contributed by atoms with van der Waals surface area (Å²) in [7, 11) is 2.07. The van der Waals surface area contributed by atoms with E-state index >= 15 is 0 Å². The van der Waals surface area contributed by atoms with E-state index in [1.54, 1.807) is 0 Å². The lowest BCUT2D eigenvalue weighted by Crippen LogP contribution is -2.33. The second-order valence-electron chi connectivity index (χ2n) is 7.47. The largest absolute Gasteiger partial charge is 0.398 e. The fraction of sp³-hybridized carbons (Fsp3) is 0.476. The van der Waals surface area contributed by atoms with E-state index in [1.165, 1.54) is 48.8 Å². The van der Waals surface area contributed by atoms with Crippen LogP contribution < -0.4 is 5.73 Å². The van der Waals surface area contributed by atoms with E-state index in [2.05, 4.69) is 45.8 Å². The van der Waals surface area contributed by atoms with Gasteiger partial charge in [0.2, 0.25) is 0 Å². The molecule has 2 N–H and O–H groups in total. The highest BCUT2D eigenvalue weighted by molar-refractivity contribution is 5.76. The molecule has 1 fully saturated rings. The molecule has 0 amide bonds. The molecule has 0 atom stereocenters. The van der Waals surface area contributed by atoms with Crippen molar-refractivity contribution in [3.05, 3.63) is 53.6 Å². The van der Waals surface area contributed by atoms with Crippen LogP contribution >= 0.6 is 0 Å². The Labute approximate surface area is 150 Å². The number of anilines is 1. The molecule has 1 saturated heterocycles. The molecule has 132 valence electrons. The highest BCUT2D eigenvalue weighted by Gasteiger charge is 2.22. The predicted octanol–water partition coefficient (Wildman–Crippen LogP) is 3.95. The second-order valence-corrected chi connectivity index (χ2v) is 7.47. The summed E-state index contributed by atoms with van der Waals surface area (Å²) < 4.78 is 2.12. The number of nitrogens with zero attached hydrogens (tertiary/aromatic N) is 3. The maximum Gasteiger partial charge on any atom is 0.122 e. The number of hydrogen-bond donors (Lipinski definition) is 1. The summed E-state index contributed by atoms with van der Waals surface area (Å²) in [4.78, 5) is 6.98. The number of imidazole rings is 1. The third-order valence-corrected chi connectivity index (χ3v) is 5.81. The molecule has 4 rings (SSSR count). The third kappa shape index (κ3) is 3.49. The Bertz CT molecular complexity index is 766. The van der Waals surface area contributed by atoms with Crippen LogP contribution in [-0.2, 0) is 13.6 Å². The minimum Gasteiger partial charge on any atom is -0.398 e. The molecule has 25 heavy (non-hydrogen) atoms. The van der Waals surface area contributed by atoms with Gasteiger partial charge in [-0.3, -0.25) is 4.90 Å². The Morgan fingerprint density at radius 2 is 2.08 bits per heavy atom. The first-order valence-corrected chi connectivity index (χ1v) is 9.48. The molecule has 2 aromatic rings. The molecule has 4 nitrogen and oxygen atoms in total. The zero-order chi connectivity index (χ0) is 17.2. The summed E-state index contributed by atoms with van der Waals surface area (Å²) in [5, 5.41) is 0. The normalized spacial score (nSPS) is 19.3. The summed E-state index contributed by atoms with van der Waals surface area (Å²) >= 11 is 0. The van der Waals surface area contributed by atoms with Gasteiger partial charge in [-0.1, -0.05) is 12.1 Å². The molecular formula is C21H28N4. The molecule has 2 aliphatic rings. The molecule has 0 radical (unpaired) electrons. The van der Waals surface area contributed by atoms with Gasteiger partial charge in [0.05, 0.1) is 6.54 Å². The van der Waals surface area contributed by atoms with Gasteiger partial charge >= 0.3 is 0 Å². The molecule has 0 unspecified atom stereocenters. The maximum atomic E-state index is 6.25. The Balaban J connectivity index is 1.42. The molecule has 1 aromatic heterocycles. The van der Waals surface area contributed by atoms with Gasteiger partial charge in [0, 0.05) is 30.7 Å². The van der Waals surface area contributed by atoms with Crippen molar-refractivity contribution in [1.82, 2.24) is 14.5 Å². The summed E-state index contributed by atoms with van der Waals surface area (Å²) in [6.07, 6.45) is 12.3. The van der Waals surface area contributed by atoms with Gasteiger partial charge in [-0.05, 0) is 74.4 Å². The Kier molecular flexibility index (Phi) is 4.62. The van der Waals surface area contributed by atoms with Crippen LogP contribution in [0.2, 0.25) is 0 Å². The number of nitrogen functional groups attached to an aromatic ring is 1. The number of allylic oxidation sites excluding steroid dienone is 2. The Morgan fingerprint density at radius 1 is 1.24 bits per heavy atom. The number of nitrogens with two attached hydrogens (primary N) is 1. The monoisotopic (exact) mass is 336 g/mol. The molecular weight excluding hydrogens is 308 g/mol. The molecule has 4 heteroatoms. The van der Waals surface area contributed by atoms with Crippen LogP contribution in [0.4, 0.5) is 5.69 Å². The van der Waals surface area contributed by atoms with Crippen molar-refractivity contribution in [3.8, 4) is 0 Å². The Morgan fingerprint density at radius 3 is 2.76 bits per heavy atom. The van der Waals surface area contributed by atoms with Crippen molar-refractivity contribution < 1.29 is 0 Å². The summed E-state index contributed by atoms with van der Waals surface area (Å²) in [5.41, 5.74) is 11.4. The standard InChI is InChI=1S/C21H28N4/c1-24-13-10-23-21(24)15-25-11-8-16(9-12-25)18-6-7-20(22)19(14-18)17-4-2-3-5-17/h4,6-7,10,13-14,16H,2-3,5,8-9,11-12,15,22H2,1H3. The molecule has 1 aliphatic carbocycles. The minimum atomic E-state index is 0.652. The minimum absolute atomic E-state index is 0.652. The van der Waals surface area contributed by atoms with E-state index in [9.17, 15) is 0 Å². The third-order valence-electron chi connectivity index (χ3n) is 5.81. The zero-order valence-electron chi connectivity index (χ0n) is 15.1. The van der Waals surface area contributed by atoms with Gasteiger partial charge < -0.3 is 10.3 Å². The highest BCUT2D eigenvalue weighted by Crippen LogP contribution is 2.35. The number of piperidine rings is 1. The molecule has 0 saturated carbocycles. The first-order chi connectivity index (χ1) is 12.2. The van der Waals surface area contributed by atoms with Crippen LogP contribution in [0, 0.1) is 0 Å². The summed E-state index contributed by atoms with van der Waals surface area (Å²) in [5.74, 6) is 1.81. The van der Waals surface area contributed by atoms with Crippen molar-refractivity contribution in [2.24, 2.45) is 7.05 Å². The summed E-state index contributed by atoms with van der Waals surface area (Å²) in [6.45, 7) is 3.23. The van der Waals surface area contributed by atoms with Crippen molar-refractivity contribution in [2.75, 3.05) is 18.8 Å². The number of rotatable bonds is 4. The van der Waals surface area contributed by atoms with E-state index < -0.39 is 0 Å². The lowest BCUT2D eigenvalue weighted by molar-refractivity contribution is 0.198. The molecule has 2 heterocycles. The van der Waals surface area contributed by atoms with Gasteiger partial charge in [0.25, 0.3) is 0 Å². The van der Waals surface area contributed by atoms with Crippen LogP contribution in [-0.4, -0.2) is 27.5 Å². The summed E-state index contributed by atoms with van der Waals surface area (Å²) in [6, 6.07) is 6.73. The van der Waals surface area contributed by atoms with Crippen LogP contribution in [0.25, 0.3) is 5.57 Å². The first-order valence-electron chi connectivity index (χ1n) is 9.48. The van der Waals surface area contributed by atoms with E-state index in [-0.39, 0.29) is 0 Å². The fourth-order valence-electron chi connectivity index (χ4n) is 4.19. The van der Waals surface area contributed by atoms with Gasteiger partial charge in [0.1, 0.15) is 5.82 Å². The smallest absolute Gasteiger partial charge is 0.122 e. The van der Waals surface area contributed by atoms with E-state index in [0.717, 1.165) is 31.1 Å². The fourth-order valence-corrected chi connectivity index (χ4v) is 4.19. The lowest BCUT2D eigenvalue weighted by Gasteiger charge is -2.32. The predicted molar refractivity (Wildman–Crippen MR) is 103 cm³/mol. The molecule has 1 aromatic carbocycles. The maximum absolute atomic E-state index is 6.25. The number of benzene rings is 1. The van der Waals surface area contributed by atoms with Crippen LogP contribution in [0.1, 0.15) is 55.0 Å². The number of aryl methyl sites for hydroxylation is 1. The average molecular weight is 336 g/mol. The first kappa shape index (κ1) is 16.4. The van der Waals surface area contributed by atoms with E-state index in [0.29, 0.717) is 5.92 Å². The molecule has 0 bridgehead atoms. The van der Waals surface area contributed by atoms with Crippen molar-refractivity contribution in [2.45, 2.75) is 44.6 Å². The van der Waals surface area contributed by atoms with Crippen LogP contribution in [0.3, 0.4) is 0 Å². The van der Waals surface area contributed by atoms with Crippen molar-refractivity contribution in [1.29, 1.82) is 0 Å². The van der Waals surface area contributed by atoms with Crippen LogP contribution in [0.15, 0.2) is 36.7 Å². The van der Waals surface area contributed by atoms with Crippen LogP contribution in [0.5, 0.6) is 0 Å². The van der Waals surface area contributed by atoms with Gasteiger partial charge in [-0.15, -0.1) is 0 Å². The molecule has 0 spiro atoms. The topological polar surface area (TPSA) is 47.1 Å². The van der Waals surface area contributed by atoms with Crippen molar-refractivity contribution in [3.63, 3.8) is 0 Å². The van der Waals surface area contributed by atoms with Gasteiger partial charge in [-0.2, -0.15) is 0 Å². The average Bonchev–Trinajstić information content (AvgIpc) is 3.29. The number of hydrogen-bond acceptors (Lipinski definition) is 3. The van der Waals surface area contributed by atoms with Gasteiger partial charge in [-0.25, -0.2) is 4.98 Å². The molecule has 1 aliphatic heterocycles. The number of aromatic nitrogens is 2. The van der Waals surface area contributed by atoms with E-state index in [4.69, 9.17) is 5.73 Å². The second kappa shape index (κ2) is 7.04. The highest BCUT2D eigenvalue weighted by atomic mass is 15.2. The van der Waals surface area contributed by atoms with E-state index in [1.807, 2.05) is 12.4 Å². The number of likely N-dealkylation sites (tertiary alicyclic amines) is 1. The SMILES string of the molecule is Cn1ccnc1CN1CCC(c2ccc(N)c(C3=CCCC3)c2)CC1. The lowest BCUT2D eigenvalue weighted by atomic mass is 9.87. The Hall–Kier alpha value is -2.07. The van der Waals surface area contributed by atoms with Gasteiger partial charge in [0.15, 0.2) is 0 Å². The quantitative estimate of drug-likeness (QED) is 0.860.